The summed E-state index contributed by atoms with van der Waals surface area (Å²) in [6.45, 7) is 1.57. The molecule has 1 heterocycles. The number of amides is 2. The number of aromatic hydroxyl groups is 1. The van der Waals surface area contributed by atoms with Gasteiger partial charge in [0.1, 0.15) is 0 Å². The standard InChI is InChI=1S/C30H23ClN2O8/c1-13-9-22(34)20-12-19-17(24(26(20)27(13)35)14-10-21(31)28(36)23(11-14)41-2)7-8-18-25(19)30(38)32(29(18)37)15-3-5-16(6-4-15)33(39)40/h3-7,9-11,18-19,24-25,36H,8,12H2,1-2H3. The Labute approximate surface area is 238 Å². The Morgan fingerprint density at radius 1 is 1.07 bits per heavy atom. The van der Waals surface area contributed by atoms with Crippen LogP contribution >= 0.6 is 11.6 Å². The number of phenolic OH excluding ortho intramolecular Hbond substituents is 1. The molecule has 2 aromatic carbocycles. The molecule has 1 fully saturated rings. The molecule has 0 radical (unpaired) electrons. The first-order valence-electron chi connectivity index (χ1n) is 12.9. The number of methoxy groups -OCH3 is 1. The molecule has 10 nitrogen and oxygen atoms in total. The summed E-state index contributed by atoms with van der Waals surface area (Å²) in [4.78, 5) is 65.9. The molecule has 0 spiro atoms. The van der Waals surface area contributed by atoms with Crippen molar-refractivity contribution in [3.63, 3.8) is 0 Å². The summed E-state index contributed by atoms with van der Waals surface area (Å²) in [7, 11) is 1.37. The number of nitro benzene ring substituents is 1. The summed E-state index contributed by atoms with van der Waals surface area (Å²) >= 11 is 6.33. The van der Waals surface area contributed by atoms with Crippen LogP contribution < -0.4 is 9.64 Å². The smallest absolute Gasteiger partial charge is 0.269 e. The van der Waals surface area contributed by atoms with Gasteiger partial charge in [0.2, 0.25) is 11.8 Å². The van der Waals surface area contributed by atoms with E-state index in [2.05, 4.69) is 0 Å². The molecule has 11 heteroatoms. The maximum atomic E-state index is 13.9. The number of Topliss-reactive ketones (excluding diaryl/α,β-unsaturated/α-hetero) is 1. The van der Waals surface area contributed by atoms with E-state index in [1.54, 1.807) is 13.0 Å². The van der Waals surface area contributed by atoms with Gasteiger partial charge in [0.15, 0.2) is 23.1 Å². The first-order valence-corrected chi connectivity index (χ1v) is 13.3. The second-order valence-corrected chi connectivity index (χ2v) is 11.0. The maximum Gasteiger partial charge on any atom is 0.269 e. The molecular weight excluding hydrogens is 552 g/mol. The van der Waals surface area contributed by atoms with Gasteiger partial charge in [0, 0.05) is 34.8 Å². The van der Waals surface area contributed by atoms with Gasteiger partial charge < -0.3 is 9.84 Å². The fraction of sp³-hybridized carbons (Fsp3) is 0.267. The molecule has 4 unspecified atom stereocenters. The maximum absolute atomic E-state index is 13.9. The van der Waals surface area contributed by atoms with Crippen LogP contribution in [0.25, 0.3) is 0 Å². The normalized spacial score (nSPS) is 25.4. The van der Waals surface area contributed by atoms with Crippen LogP contribution in [0, 0.1) is 27.9 Å². The minimum atomic E-state index is -0.807. The van der Waals surface area contributed by atoms with Gasteiger partial charge >= 0.3 is 0 Å². The molecule has 0 saturated carbocycles. The number of nitro groups is 1. The summed E-state index contributed by atoms with van der Waals surface area (Å²) in [5.74, 6) is -4.52. The van der Waals surface area contributed by atoms with Crippen LogP contribution in [0.4, 0.5) is 11.4 Å². The summed E-state index contributed by atoms with van der Waals surface area (Å²) in [6, 6.07) is 8.27. The van der Waals surface area contributed by atoms with Gasteiger partial charge in [-0.15, -0.1) is 0 Å². The largest absolute Gasteiger partial charge is 0.503 e. The zero-order valence-corrected chi connectivity index (χ0v) is 22.7. The Kier molecular flexibility index (Phi) is 6.18. The second-order valence-electron chi connectivity index (χ2n) is 10.6. The lowest BCUT2D eigenvalue weighted by Crippen LogP contribution is -2.39. The fourth-order valence-corrected chi connectivity index (χ4v) is 6.85. The van der Waals surface area contributed by atoms with Crippen molar-refractivity contribution in [1.82, 2.24) is 0 Å². The summed E-state index contributed by atoms with van der Waals surface area (Å²) in [5, 5.41) is 21.4. The number of imide groups is 1. The van der Waals surface area contributed by atoms with Crippen molar-refractivity contribution in [2.75, 3.05) is 12.0 Å². The fourth-order valence-electron chi connectivity index (χ4n) is 6.63. The second kappa shape index (κ2) is 9.52. The van der Waals surface area contributed by atoms with E-state index in [9.17, 15) is 34.4 Å². The van der Waals surface area contributed by atoms with E-state index in [1.165, 1.54) is 43.5 Å². The molecule has 2 aromatic rings. The number of ether oxygens (including phenoxy) is 1. The average molecular weight is 575 g/mol. The number of non-ortho nitro benzene ring substituents is 1. The molecule has 41 heavy (non-hydrogen) atoms. The predicted molar refractivity (Wildman–Crippen MR) is 147 cm³/mol. The Bertz CT molecular complexity index is 1690. The number of rotatable bonds is 4. The lowest BCUT2D eigenvalue weighted by molar-refractivity contribution is -0.384. The number of anilines is 1. The quantitative estimate of drug-likeness (QED) is 0.183. The van der Waals surface area contributed by atoms with E-state index in [0.29, 0.717) is 16.7 Å². The minimum absolute atomic E-state index is 0.00350. The van der Waals surface area contributed by atoms with Crippen LogP contribution in [0.2, 0.25) is 5.02 Å². The van der Waals surface area contributed by atoms with E-state index >= 15 is 0 Å². The van der Waals surface area contributed by atoms with Gasteiger partial charge in [0.05, 0.1) is 34.6 Å². The van der Waals surface area contributed by atoms with Crippen LogP contribution in [-0.4, -0.2) is 40.5 Å². The zero-order valence-electron chi connectivity index (χ0n) is 21.9. The molecule has 0 bridgehead atoms. The Morgan fingerprint density at radius 2 is 1.78 bits per heavy atom. The summed E-state index contributed by atoms with van der Waals surface area (Å²) < 4.78 is 5.30. The number of carbonyl (C=O) groups excluding carboxylic acids is 4. The molecule has 208 valence electrons. The van der Waals surface area contributed by atoms with Crippen LogP contribution in [0.15, 0.2) is 70.8 Å². The van der Waals surface area contributed by atoms with Gasteiger partial charge in [0.25, 0.3) is 5.69 Å². The number of hydrogen-bond donors (Lipinski definition) is 1. The zero-order chi connectivity index (χ0) is 29.3. The number of phenols is 1. The van der Waals surface area contributed by atoms with Crippen LogP contribution in [-0.2, 0) is 19.2 Å². The topological polar surface area (TPSA) is 144 Å². The SMILES string of the molecule is COc1cc(C2C3=CCC4C(=O)N(c5ccc([N+](=O)[O-])cc5)C(=O)C4C3CC3=C2C(=O)C(C)=CC3=O)cc(Cl)c1O. The predicted octanol–water partition coefficient (Wildman–Crippen LogP) is 4.60. The van der Waals surface area contributed by atoms with E-state index in [-0.39, 0.29) is 57.9 Å². The Morgan fingerprint density at radius 3 is 2.44 bits per heavy atom. The molecule has 6 rings (SSSR count). The highest BCUT2D eigenvalue weighted by Gasteiger charge is 2.56. The average Bonchev–Trinajstić information content (AvgIpc) is 3.21. The molecule has 2 amide bonds. The number of benzene rings is 2. The molecule has 4 atom stereocenters. The summed E-state index contributed by atoms with van der Waals surface area (Å²) in [6.07, 6.45) is 3.48. The minimum Gasteiger partial charge on any atom is -0.503 e. The molecule has 4 aliphatic rings. The van der Waals surface area contributed by atoms with Crippen molar-refractivity contribution in [2.24, 2.45) is 17.8 Å². The van der Waals surface area contributed by atoms with Crippen LogP contribution in [0.5, 0.6) is 11.5 Å². The van der Waals surface area contributed by atoms with E-state index in [4.69, 9.17) is 16.3 Å². The first kappa shape index (κ1) is 26.6. The number of hydrogen-bond acceptors (Lipinski definition) is 8. The lowest BCUT2D eigenvalue weighted by atomic mass is 9.59. The van der Waals surface area contributed by atoms with E-state index in [0.717, 1.165) is 10.5 Å². The molecule has 1 aliphatic heterocycles. The Hall–Kier alpha value is -4.57. The molecule has 1 saturated heterocycles. The highest BCUT2D eigenvalue weighted by atomic mass is 35.5. The van der Waals surface area contributed by atoms with Crippen molar-refractivity contribution < 1.29 is 33.9 Å². The number of fused-ring (bicyclic) bond motifs is 3. The van der Waals surface area contributed by atoms with Gasteiger partial charge in [-0.05, 0) is 61.6 Å². The lowest BCUT2D eigenvalue weighted by Gasteiger charge is -2.42. The molecule has 0 aromatic heterocycles. The van der Waals surface area contributed by atoms with Crippen LogP contribution in [0.1, 0.15) is 31.2 Å². The van der Waals surface area contributed by atoms with Crippen molar-refractivity contribution in [2.45, 2.75) is 25.7 Å². The van der Waals surface area contributed by atoms with Crippen LogP contribution in [0.3, 0.4) is 0 Å². The highest BCUT2D eigenvalue weighted by Crippen LogP contribution is 2.56. The van der Waals surface area contributed by atoms with Crippen molar-refractivity contribution in [3.05, 3.63) is 91.5 Å². The monoisotopic (exact) mass is 574 g/mol. The number of ketones is 2. The molecule has 1 N–H and O–H groups in total. The third-order valence-electron chi connectivity index (χ3n) is 8.49. The van der Waals surface area contributed by atoms with E-state index in [1.807, 2.05) is 6.08 Å². The van der Waals surface area contributed by atoms with Crippen molar-refractivity contribution in [1.29, 1.82) is 0 Å². The van der Waals surface area contributed by atoms with Gasteiger partial charge in [-0.25, -0.2) is 0 Å². The van der Waals surface area contributed by atoms with Crippen molar-refractivity contribution in [3.8, 4) is 11.5 Å². The van der Waals surface area contributed by atoms with Gasteiger partial charge in [-0.1, -0.05) is 23.3 Å². The number of nitrogens with zero attached hydrogens (tertiary/aromatic N) is 2. The summed E-state index contributed by atoms with van der Waals surface area (Å²) in [5.41, 5.74) is 2.15. The molecular formula is C30H23ClN2O8. The number of allylic oxidation sites excluding steroid dienone is 6. The molecule has 3 aliphatic carbocycles. The van der Waals surface area contributed by atoms with Gasteiger partial charge in [-0.2, -0.15) is 0 Å². The number of carbonyl (C=O) groups is 4. The third-order valence-corrected chi connectivity index (χ3v) is 8.78. The van der Waals surface area contributed by atoms with E-state index < -0.39 is 40.4 Å². The highest BCUT2D eigenvalue weighted by molar-refractivity contribution is 6.32. The Balaban J connectivity index is 1.48. The number of halogens is 1. The first-order chi connectivity index (χ1) is 19.5. The third kappa shape index (κ3) is 3.93. The van der Waals surface area contributed by atoms with Crippen molar-refractivity contribution >= 4 is 46.4 Å². The van der Waals surface area contributed by atoms with Gasteiger partial charge in [-0.3, -0.25) is 34.2 Å².